The maximum atomic E-state index is 12.7. The second kappa shape index (κ2) is 7.72. The molecule has 1 saturated heterocycles. The van der Waals surface area contributed by atoms with Crippen molar-refractivity contribution >= 4 is 21.4 Å². The van der Waals surface area contributed by atoms with Gasteiger partial charge in [-0.3, -0.25) is 4.90 Å². The molecule has 2 aromatic heterocycles. The number of aromatic nitrogens is 1. The normalized spacial score (nSPS) is 20.9. The Labute approximate surface area is 165 Å². The van der Waals surface area contributed by atoms with Crippen LogP contribution in [-0.4, -0.2) is 54.3 Å². The van der Waals surface area contributed by atoms with Crippen molar-refractivity contribution in [2.75, 3.05) is 26.2 Å². The van der Waals surface area contributed by atoms with Crippen molar-refractivity contribution in [3.8, 4) is 11.8 Å². The van der Waals surface area contributed by atoms with Crippen LogP contribution in [0.25, 0.3) is 0 Å². The van der Waals surface area contributed by atoms with Crippen molar-refractivity contribution in [1.82, 2.24) is 14.2 Å². The molecule has 0 radical (unpaired) electrons. The Kier molecular flexibility index (Phi) is 5.33. The third-order valence-electron chi connectivity index (χ3n) is 5.50. The molecular weight excluding hydrogens is 378 g/mol. The zero-order valence-electron chi connectivity index (χ0n) is 15.2. The first-order valence-electron chi connectivity index (χ1n) is 9.32. The van der Waals surface area contributed by atoms with Gasteiger partial charge < -0.3 is 0 Å². The minimum atomic E-state index is -3.37. The lowest BCUT2D eigenvalue weighted by Gasteiger charge is -2.42. The smallest absolute Gasteiger partial charge is 0.243 e. The van der Waals surface area contributed by atoms with E-state index >= 15 is 0 Å². The van der Waals surface area contributed by atoms with Crippen LogP contribution < -0.4 is 0 Å². The molecule has 4 rings (SSSR count). The Morgan fingerprint density at radius 2 is 1.85 bits per heavy atom. The van der Waals surface area contributed by atoms with Crippen LogP contribution in [0.15, 0.2) is 46.1 Å². The fourth-order valence-corrected chi connectivity index (χ4v) is 6.44. The second-order valence-electron chi connectivity index (χ2n) is 7.05. The van der Waals surface area contributed by atoms with E-state index in [0.717, 1.165) is 31.6 Å². The number of nitrogens with zero attached hydrogens (tertiary/aromatic N) is 3. The summed E-state index contributed by atoms with van der Waals surface area (Å²) >= 11 is 1.41. The first-order chi connectivity index (χ1) is 13.1. The zero-order chi connectivity index (χ0) is 18.7. The number of thiophene rings is 1. The first-order valence-corrected chi connectivity index (χ1v) is 11.7. The van der Waals surface area contributed by atoms with E-state index < -0.39 is 10.0 Å². The summed E-state index contributed by atoms with van der Waals surface area (Å²) in [5.74, 6) is 6.76. The number of rotatable bonds is 3. The van der Waals surface area contributed by atoms with Crippen molar-refractivity contribution in [2.45, 2.75) is 36.1 Å². The third-order valence-corrected chi connectivity index (χ3v) is 8.22. The van der Waals surface area contributed by atoms with Gasteiger partial charge in [-0.05, 0) is 42.3 Å². The average molecular weight is 402 g/mol. The molecule has 5 nitrogen and oxygen atoms in total. The van der Waals surface area contributed by atoms with Crippen LogP contribution in [0.2, 0.25) is 0 Å². The van der Waals surface area contributed by atoms with Gasteiger partial charge in [-0.15, -0.1) is 0 Å². The van der Waals surface area contributed by atoms with Gasteiger partial charge in [0.2, 0.25) is 10.0 Å². The lowest BCUT2D eigenvalue weighted by Crippen LogP contribution is -2.56. The highest BCUT2D eigenvalue weighted by Gasteiger charge is 2.41. The van der Waals surface area contributed by atoms with Gasteiger partial charge in [0.1, 0.15) is 5.69 Å². The van der Waals surface area contributed by atoms with Gasteiger partial charge in [0.15, 0.2) is 0 Å². The van der Waals surface area contributed by atoms with E-state index in [-0.39, 0.29) is 5.54 Å². The largest absolute Gasteiger partial charge is 0.285 e. The molecule has 7 heteroatoms. The van der Waals surface area contributed by atoms with Crippen molar-refractivity contribution in [3.63, 3.8) is 0 Å². The fraction of sp³-hybridized carbons (Fsp3) is 0.450. The van der Waals surface area contributed by atoms with E-state index in [1.807, 2.05) is 23.6 Å². The van der Waals surface area contributed by atoms with E-state index in [2.05, 4.69) is 21.7 Å². The predicted octanol–water partition coefficient (Wildman–Crippen LogP) is 2.81. The molecule has 2 aliphatic rings. The molecular formula is C20H23N3O2S2. The quantitative estimate of drug-likeness (QED) is 0.742. The molecule has 0 spiro atoms. The van der Waals surface area contributed by atoms with E-state index in [1.165, 1.54) is 24.2 Å². The summed E-state index contributed by atoms with van der Waals surface area (Å²) in [6, 6.07) is 7.46. The Balaban J connectivity index is 1.49. The number of hydrogen-bond acceptors (Lipinski definition) is 5. The summed E-state index contributed by atoms with van der Waals surface area (Å²) in [5, 5.41) is 3.52. The lowest BCUT2D eigenvalue weighted by atomic mass is 9.94. The van der Waals surface area contributed by atoms with Crippen molar-refractivity contribution < 1.29 is 8.42 Å². The second-order valence-corrected chi connectivity index (χ2v) is 9.77. The molecule has 0 N–H and O–H groups in total. The molecule has 0 bridgehead atoms. The van der Waals surface area contributed by atoms with Crippen LogP contribution in [0.3, 0.4) is 0 Å². The molecule has 0 unspecified atom stereocenters. The molecule has 1 saturated carbocycles. The Hall–Kier alpha value is -1.72. The summed E-state index contributed by atoms with van der Waals surface area (Å²) in [4.78, 5) is 7.12. The minimum absolute atomic E-state index is 0.143. The summed E-state index contributed by atoms with van der Waals surface area (Å²) in [7, 11) is -3.37. The molecule has 0 amide bonds. The molecule has 0 atom stereocenters. The standard InChI is InChI=1S/C20H23N3O2S2/c24-27(25,19-7-16-26-17-19)23-14-12-22(13-15-23)20(8-2-3-9-20)10-6-18-5-1-4-11-21-18/h1,4-5,7,11,16-17H,2-3,8-9,12-15H2. The van der Waals surface area contributed by atoms with Gasteiger partial charge in [0.25, 0.3) is 0 Å². The van der Waals surface area contributed by atoms with Crippen LogP contribution in [0.5, 0.6) is 0 Å². The molecule has 2 fully saturated rings. The van der Waals surface area contributed by atoms with Gasteiger partial charge in [-0.1, -0.05) is 24.8 Å². The maximum Gasteiger partial charge on any atom is 0.243 e. The van der Waals surface area contributed by atoms with Gasteiger partial charge in [-0.2, -0.15) is 15.6 Å². The highest BCUT2D eigenvalue weighted by Crippen LogP contribution is 2.36. The van der Waals surface area contributed by atoms with Crippen LogP contribution in [0.1, 0.15) is 31.4 Å². The molecule has 0 aromatic carbocycles. The topological polar surface area (TPSA) is 53.5 Å². The lowest BCUT2D eigenvalue weighted by molar-refractivity contribution is 0.0974. The Bertz CT molecular complexity index is 917. The van der Waals surface area contributed by atoms with Gasteiger partial charge >= 0.3 is 0 Å². The molecule has 142 valence electrons. The highest BCUT2D eigenvalue weighted by atomic mass is 32.2. The Morgan fingerprint density at radius 3 is 2.48 bits per heavy atom. The van der Waals surface area contributed by atoms with Crippen molar-refractivity contribution in [3.05, 3.63) is 46.9 Å². The van der Waals surface area contributed by atoms with Crippen LogP contribution in [0, 0.1) is 11.8 Å². The predicted molar refractivity (Wildman–Crippen MR) is 107 cm³/mol. The molecule has 27 heavy (non-hydrogen) atoms. The van der Waals surface area contributed by atoms with Gasteiger partial charge in [0, 0.05) is 37.8 Å². The van der Waals surface area contributed by atoms with E-state index in [4.69, 9.17) is 0 Å². The number of sulfonamides is 1. The summed E-state index contributed by atoms with van der Waals surface area (Å²) in [6.45, 7) is 2.48. The summed E-state index contributed by atoms with van der Waals surface area (Å²) < 4.78 is 27.1. The molecule has 2 aromatic rings. The number of piperazine rings is 1. The molecule has 3 heterocycles. The fourth-order valence-electron chi connectivity index (χ4n) is 4.00. The van der Waals surface area contributed by atoms with E-state index in [0.29, 0.717) is 18.0 Å². The molecule has 1 aliphatic heterocycles. The monoisotopic (exact) mass is 401 g/mol. The van der Waals surface area contributed by atoms with Gasteiger partial charge in [0.05, 0.1) is 10.4 Å². The SMILES string of the molecule is O=S(=O)(c1ccsc1)N1CCN(C2(C#Cc3ccccn3)CCCC2)CC1. The Morgan fingerprint density at radius 1 is 1.07 bits per heavy atom. The van der Waals surface area contributed by atoms with Crippen LogP contribution >= 0.6 is 11.3 Å². The average Bonchev–Trinajstić information content (AvgIpc) is 3.40. The summed E-state index contributed by atoms with van der Waals surface area (Å²) in [6.07, 6.45) is 6.20. The van der Waals surface area contributed by atoms with Crippen LogP contribution in [0.4, 0.5) is 0 Å². The van der Waals surface area contributed by atoms with Gasteiger partial charge in [-0.25, -0.2) is 13.4 Å². The first kappa shape index (κ1) is 18.6. The van der Waals surface area contributed by atoms with Crippen LogP contribution in [-0.2, 0) is 10.0 Å². The zero-order valence-corrected chi connectivity index (χ0v) is 16.8. The third kappa shape index (κ3) is 3.81. The number of hydrogen-bond donors (Lipinski definition) is 0. The maximum absolute atomic E-state index is 12.7. The summed E-state index contributed by atoms with van der Waals surface area (Å²) in [5.41, 5.74) is 0.651. The minimum Gasteiger partial charge on any atom is -0.285 e. The number of pyridine rings is 1. The van der Waals surface area contributed by atoms with Crippen molar-refractivity contribution in [2.24, 2.45) is 0 Å². The highest BCUT2D eigenvalue weighted by molar-refractivity contribution is 7.89. The van der Waals surface area contributed by atoms with E-state index in [9.17, 15) is 8.42 Å². The van der Waals surface area contributed by atoms with Crippen molar-refractivity contribution in [1.29, 1.82) is 0 Å². The van der Waals surface area contributed by atoms with E-state index in [1.54, 1.807) is 21.9 Å². The molecule has 1 aliphatic carbocycles.